The highest BCUT2D eigenvalue weighted by molar-refractivity contribution is 6.31. The summed E-state index contributed by atoms with van der Waals surface area (Å²) in [5, 5.41) is 8.60. The molecule has 0 aliphatic carbocycles. The number of H-pyrrole nitrogens is 1. The van der Waals surface area contributed by atoms with Gasteiger partial charge in [0.1, 0.15) is 5.82 Å². The van der Waals surface area contributed by atoms with Crippen LogP contribution in [0.2, 0.25) is 5.02 Å². The van der Waals surface area contributed by atoms with Gasteiger partial charge < -0.3 is 0 Å². The standard InChI is InChI=1S/C12H8ClN3O/c13-9-2-1-8-4-6-16(11-3-5-14-15-11)12(17)10(8)7-9/h1-7H,(H,14,15). The molecule has 0 aliphatic heterocycles. The molecule has 0 spiro atoms. The van der Waals surface area contributed by atoms with Crippen LogP contribution in [0, 0.1) is 0 Å². The van der Waals surface area contributed by atoms with E-state index in [9.17, 15) is 4.79 Å². The van der Waals surface area contributed by atoms with Gasteiger partial charge in [-0.25, -0.2) is 0 Å². The van der Waals surface area contributed by atoms with E-state index in [-0.39, 0.29) is 5.56 Å². The molecule has 3 aromatic rings. The molecule has 0 aliphatic rings. The predicted octanol–water partition coefficient (Wildman–Crippen LogP) is 2.37. The molecule has 3 rings (SSSR count). The van der Waals surface area contributed by atoms with E-state index < -0.39 is 0 Å². The van der Waals surface area contributed by atoms with Crippen LogP contribution >= 0.6 is 11.6 Å². The number of fused-ring (bicyclic) bond motifs is 1. The number of nitrogens with one attached hydrogen (secondary N) is 1. The number of aromatic amines is 1. The molecule has 1 N–H and O–H groups in total. The first kappa shape index (κ1) is 10.1. The first-order valence-electron chi connectivity index (χ1n) is 5.06. The minimum atomic E-state index is -0.116. The molecule has 5 heteroatoms. The van der Waals surface area contributed by atoms with Crippen molar-refractivity contribution in [2.24, 2.45) is 0 Å². The molecule has 0 amide bonds. The fraction of sp³-hybridized carbons (Fsp3) is 0. The fourth-order valence-electron chi connectivity index (χ4n) is 1.78. The predicted molar refractivity (Wildman–Crippen MR) is 66.7 cm³/mol. The molecule has 2 aromatic heterocycles. The summed E-state index contributed by atoms with van der Waals surface area (Å²) in [6.07, 6.45) is 3.32. The van der Waals surface area contributed by atoms with Crippen molar-refractivity contribution in [1.29, 1.82) is 0 Å². The Balaban J connectivity index is 2.36. The number of rotatable bonds is 1. The van der Waals surface area contributed by atoms with Crippen LogP contribution in [0.25, 0.3) is 16.6 Å². The molecule has 0 atom stereocenters. The van der Waals surface area contributed by atoms with Crippen LogP contribution < -0.4 is 5.56 Å². The van der Waals surface area contributed by atoms with Gasteiger partial charge in [0.2, 0.25) is 0 Å². The van der Waals surface area contributed by atoms with Crippen molar-refractivity contribution in [3.8, 4) is 5.82 Å². The number of hydrogen-bond acceptors (Lipinski definition) is 2. The van der Waals surface area contributed by atoms with Crippen molar-refractivity contribution in [3.63, 3.8) is 0 Å². The zero-order chi connectivity index (χ0) is 11.8. The van der Waals surface area contributed by atoms with E-state index in [4.69, 9.17) is 11.6 Å². The Labute approximate surface area is 101 Å². The van der Waals surface area contributed by atoms with Gasteiger partial charge in [-0.1, -0.05) is 17.7 Å². The number of benzene rings is 1. The van der Waals surface area contributed by atoms with Crippen LogP contribution in [0.1, 0.15) is 0 Å². The Kier molecular flexibility index (Phi) is 2.23. The summed E-state index contributed by atoms with van der Waals surface area (Å²) in [6.45, 7) is 0. The molecule has 0 radical (unpaired) electrons. The van der Waals surface area contributed by atoms with Crippen LogP contribution in [0.5, 0.6) is 0 Å². The Morgan fingerprint density at radius 2 is 2.12 bits per heavy atom. The number of halogens is 1. The lowest BCUT2D eigenvalue weighted by Gasteiger charge is -2.04. The van der Waals surface area contributed by atoms with Gasteiger partial charge in [-0.05, 0) is 23.6 Å². The first-order chi connectivity index (χ1) is 8.25. The Hall–Kier alpha value is -2.07. The van der Waals surface area contributed by atoms with Crippen LogP contribution in [-0.2, 0) is 0 Å². The summed E-state index contributed by atoms with van der Waals surface area (Å²) in [5.41, 5.74) is -0.116. The second-order valence-electron chi connectivity index (χ2n) is 3.66. The maximum Gasteiger partial charge on any atom is 0.264 e. The zero-order valence-corrected chi connectivity index (χ0v) is 9.48. The minimum absolute atomic E-state index is 0.116. The number of pyridine rings is 1. The lowest BCUT2D eigenvalue weighted by Crippen LogP contribution is -2.17. The summed E-state index contributed by atoms with van der Waals surface area (Å²) in [6, 6.07) is 8.87. The van der Waals surface area contributed by atoms with Crippen molar-refractivity contribution in [3.05, 3.63) is 58.1 Å². The molecule has 0 saturated heterocycles. The van der Waals surface area contributed by atoms with Gasteiger partial charge in [-0.3, -0.25) is 14.5 Å². The highest BCUT2D eigenvalue weighted by Crippen LogP contribution is 2.16. The molecular weight excluding hydrogens is 238 g/mol. The minimum Gasteiger partial charge on any atom is -0.268 e. The molecule has 2 heterocycles. The average Bonchev–Trinajstić information content (AvgIpc) is 2.84. The third-order valence-electron chi connectivity index (χ3n) is 2.61. The molecule has 84 valence electrons. The lowest BCUT2D eigenvalue weighted by atomic mass is 10.2. The average molecular weight is 246 g/mol. The van der Waals surface area contributed by atoms with E-state index in [0.29, 0.717) is 16.2 Å². The molecular formula is C12H8ClN3O. The van der Waals surface area contributed by atoms with Gasteiger partial charge in [-0.15, -0.1) is 0 Å². The molecule has 0 unspecified atom stereocenters. The van der Waals surface area contributed by atoms with Crippen LogP contribution in [0.3, 0.4) is 0 Å². The Morgan fingerprint density at radius 3 is 2.88 bits per heavy atom. The lowest BCUT2D eigenvalue weighted by molar-refractivity contribution is 0.927. The topological polar surface area (TPSA) is 50.7 Å². The summed E-state index contributed by atoms with van der Waals surface area (Å²) in [4.78, 5) is 12.2. The normalized spacial score (nSPS) is 10.9. The summed E-state index contributed by atoms with van der Waals surface area (Å²) < 4.78 is 1.51. The van der Waals surface area contributed by atoms with Crippen molar-refractivity contribution in [1.82, 2.24) is 14.8 Å². The van der Waals surface area contributed by atoms with E-state index in [2.05, 4.69) is 10.2 Å². The van der Waals surface area contributed by atoms with Gasteiger partial charge in [0.15, 0.2) is 0 Å². The molecule has 0 bridgehead atoms. The third-order valence-corrected chi connectivity index (χ3v) is 2.85. The van der Waals surface area contributed by atoms with E-state index in [1.54, 1.807) is 30.6 Å². The Morgan fingerprint density at radius 1 is 1.24 bits per heavy atom. The smallest absolute Gasteiger partial charge is 0.264 e. The van der Waals surface area contributed by atoms with Gasteiger partial charge >= 0.3 is 0 Å². The summed E-state index contributed by atoms with van der Waals surface area (Å²) in [7, 11) is 0. The quantitative estimate of drug-likeness (QED) is 0.716. The van der Waals surface area contributed by atoms with Crippen molar-refractivity contribution >= 4 is 22.4 Å². The van der Waals surface area contributed by atoms with E-state index in [0.717, 1.165) is 5.39 Å². The molecule has 0 fully saturated rings. The monoisotopic (exact) mass is 245 g/mol. The molecule has 17 heavy (non-hydrogen) atoms. The van der Waals surface area contributed by atoms with Crippen LogP contribution in [0.15, 0.2) is 47.5 Å². The fourth-order valence-corrected chi connectivity index (χ4v) is 1.96. The van der Waals surface area contributed by atoms with E-state index >= 15 is 0 Å². The van der Waals surface area contributed by atoms with Gasteiger partial charge in [-0.2, -0.15) is 5.10 Å². The van der Waals surface area contributed by atoms with Crippen LogP contribution in [0.4, 0.5) is 0 Å². The maximum atomic E-state index is 12.2. The second kappa shape index (κ2) is 3.75. The highest BCUT2D eigenvalue weighted by atomic mass is 35.5. The highest BCUT2D eigenvalue weighted by Gasteiger charge is 2.05. The molecule has 1 aromatic carbocycles. The number of hydrogen-bond donors (Lipinski definition) is 1. The van der Waals surface area contributed by atoms with Crippen molar-refractivity contribution in [2.45, 2.75) is 0 Å². The molecule has 4 nitrogen and oxygen atoms in total. The van der Waals surface area contributed by atoms with Gasteiger partial charge in [0, 0.05) is 22.7 Å². The third kappa shape index (κ3) is 1.62. The second-order valence-corrected chi connectivity index (χ2v) is 4.10. The Bertz CT molecular complexity index is 731. The van der Waals surface area contributed by atoms with Crippen LogP contribution in [-0.4, -0.2) is 14.8 Å². The summed E-state index contributed by atoms with van der Waals surface area (Å²) in [5.74, 6) is 0.636. The number of aromatic nitrogens is 3. The van der Waals surface area contributed by atoms with Crippen molar-refractivity contribution in [2.75, 3.05) is 0 Å². The number of nitrogens with zero attached hydrogens (tertiary/aromatic N) is 2. The first-order valence-corrected chi connectivity index (χ1v) is 5.44. The largest absolute Gasteiger partial charge is 0.268 e. The SMILES string of the molecule is O=c1c2cc(Cl)ccc2ccn1-c1ccn[nH]1. The van der Waals surface area contributed by atoms with Gasteiger partial charge in [0.05, 0.1) is 6.20 Å². The molecule has 0 saturated carbocycles. The van der Waals surface area contributed by atoms with E-state index in [1.807, 2.05) is 12.1 Å². The van der Waals surface area contributed by atoms with Gasteiger partial charge in [0.25, 0.3) is 5.56 Å². The van der Waals surface area contributed by atoms with E-state index in [1.165, 1.54) is 4.57 Å². The maximum absolute atomic E-state index is 12.2. The summed E-state index contributed by atoms with van der Waals surface area (Å²) >= 11 is 5.90. The van der Waals surface area contributed by atoms with Crippen molar-refractivity contribution < 1.29 is 0 Å². The zero-order valence-electron chi connectivity index (χ0n) is 8.72.